The zero-order valence-electron chi connectivity index (χ0n) is 10.9. The molecule has 0 saturated carbocycles. The van der Waals surface area contributed by atoms with Crippen molar-refractivity contribution in [3.05, 3.63) is 51.5 Å². The fourth-order valence-electron chi connectivity index (χ4n) is 1.87. The van der Waals surface area contributed by atoms with Gasteiger partial charge in [-0.25, -0.2) is 13.8 Å². The van der Waals surface area contributed by atoms with E-state index in [2.05, 4.69) is 10.3 Å². The van der Waals surface area contributed by atoms with E-state index in [-0.39, 0.29) is 11.9 Å². The normalized spacial score (nSPS) is 12.6. The summed E-state index contributed by atoms with van der Waals surface area (Å²) in [6.45, 7) is 4.47. The van der Waals surface area contributed by atoms with Gasteiger partial charge in [-0.1, -0.05) is 0 Å². The van der Waals surface area contributed by atoms with Crippen LogP contribution in [0.15, 0.2) is 23.6 Å². The molecule has 1 atom stereocenters. The lowest BCUT2D eigenvalue weighted by atomic mass is 10.1. The minimum Gasteiger partial charge on any atom is -0.310 e. The van der Waals surface area contributed by atoms with E-state index in [1.807, 2.05) is 19.2 Å². The highest BCUT2D eigenvalue weighted by molar-refractivity contribution is 7.09. The lowest BCUT2D eigenvalue weighted by Crippen LogP contribution is -2.22. The molecule has 1 aromatic heterocycles. The molecule has 1 N–H and O–H groups in total. The number of aromatic nitrogens is 1. The first-order valence-electron chi connectivity index (χ1n) is 6.15. The Morgan fingerprint density at radius 1 is 1.37 bits per heavy atom. The Labute approximate surface area is 115 Å². The highest BCUT2D eigenvalue weighted by Gasteiger charge is 2.11. The lowest BCUT2D eigenvalue weighted by molar-refractivity contribution is 0.520. The minimum absolute atomic E-state index is 0.225. The van der Waals surface area contributed by atoms with Gasteiger partial charge in [-0.05, 0) is 32.0 Å². The predicted octanol–water partition coefficient (Wildman–Crippen LogP) is 3.62. The third-order valence-electron chi connectivity index (χ3n) is 2.88. The van der Waals surface area contributed by atoms with Crippen LogP contribution in [0.2, 0.25) is 0 Å². The van der Waals surface area contributed by atoms with E-state index >= 15 is 0 Å². The molecule has 0 radical (unpaired) electrons. The fraction of sp³-hybridized carbons (Fsp3) is 0.357. The second kappa shape index (κ2) is 6.21. The number of halogens is 2. The Morgan fingerprint density at radius 2 is 2.16 bits per heavy atom. The monoisotopic (exact) mass is 282 g/mol. The zero-order chi connectivity index (χ0) is 13.8. The molecule has 19 heavy (non-hydrogen) atoms. The number of hydrogen-bond acceptors (Lipinski definition) is 3. The van der Waals surface area contributed by atoms with Crippen LogP contribution in [0.3, 0.4) is 0 Å². The highest BCUT2D eigenvalue weighted by Crippen LogP contribution is 2.18. The van der Waals surface area contributed by atoms with Crippen LogP contribution in [0.1, 0.15) is 29.2 Å². The van der Waals surface area contributed by atoms with Gasteiger partial charge in [-0.3, -0.25) is 0 Å². The molecule has 2 rings (SSSR count). The molecule has 0 amide bonds. The second-order valence-corrected chi connectivity index (χ2v) is 5.42. The van der Waals surface area contributed by atoms with E-state index in [0.717, 1.165) is 29.3 Å². The van der Waals surface area contributed by atoms with Crippen molar-refractivity contribution in [3.8, 4) is 0 Å². The molecule has 102 valence electrons. The average Bonchev–Trinajstić information content (AvgIpc) is 2.78. The first-order chi connectivity index (χ1) is 9.06. The summed E-state index contributed by atoms with van der Waals surface area (Å²) in [6, 6.07) is 3.30. The number of nitrogens with one attached hydrogen (secondary N) is 1. The van der Waals surface area contributed by atoms with E-state index in [1.165, 1.54) is 6.07 Å². The maximum absolute atomic E-state index is 13.6. The van der Waals surface area contributed by atoms with Crippen LogP contribution in [-0.4, -0.2) is 11.5 Å². The predicted molar refractivity (Wildman–Crippen MR) is 73.3 cm³/mol. The van der Waals surface area contributed by atoms with E-state index in [9.17, 15) is 8.78 Å². The minimum atomic E-state index is -0.416. The topological polar surface area (TPSA) is 24.9 Å². The van der Waals surface area contributed by atoms with Crippen LogP contribution >= 0.6 is 11.3 Å². The summed E-state index contributed by atoms with van der Waals surface area (Å²) in [5.41, 5.74) is 1.37. The van der Waals surface area contributed by atoms with Crippen LogP contribution in [-0.2, 0) is 6.42 Å². The van der Waals surface area contributed by atoms with Gasteiger partial charge in [0.15, 0.2) is 0 Å². The summed E-state index contributed by atoms with van der Waals surface area (Å²) in [4.78, 5) is 4.36. The first-order valence-corrected chi connectivity index (χ1v) is 7.03. The van der Waals surface area contributed by atoms with Crippen molar-refractivity contribution in [2.75, 3.05) is 6.54 Å². The third-order valence-corrected chi connectivity index (χ3v) is 3.91. The van der Waals surface area contributed by atoms with Gasteiger partial charge < -0.3 is 5.32 Å². The van der Waals surface area contributed by atoms with Gasteiger partial charge in [0, 0.05) is 35.6 Å². The molecule has 0 aliphatic heterocycles. The number of hydrogen-bond donors (Lipinski definition) is 1. The van der Waals surface area contributed by atoms with Gasteiger partial charge in [0.25, 0.3) is 0 Å². The van der Waals surface area contributed by atoms with E-state index in [0.29, 0.717) is 12.1 Å². The molecule has 0 aliphatic rings. The van der Waals surface area contributed by atoms with Gasteiger partial charge >= 0.3 is 0 Å². The summed E-state index contributed by atoms with van der Waals surface area (Å²) < 4.78 is 26.7. The molecule has 0 bridgehead atoms. The van der Waals surface area contributed by atoms with Gasteiger partial charge in [0.1, 0.15) is 11.6 Å². The average molecular weight is 282 g/mol. The quantitative estimate of drug-likeness (QED) is 0.906. The molecular weight excluding hydrogens is 266 g/mol. The number of rotatable bonds is 5. The molecule has 0 fully saturated rings. The van der Waals surface area contributed by atoms with Crippen LogP contribution in [0.5, 0.6) is 0 Å². The summed E-state index contributed by atoms with van der Waals surface area (Å²) in [5.74, 6) is -0.799. The number of thiazole rings is 1. The summed E-state index contributed by atoms with van der Waals surface area (Å²) in [7, 11) is 0. The Bertz CT molecular complexity index is 554. The fourth-order valence-corrected chi connectivity index (χ4v) is 2.65. The van der Waals surface area contributed by atoms with Gasteiger partial charge in [0.2, 0.25) is 0 Å². The van der Waals surface area contributed by atoms with Crippen LogP contribution < -0.4 is 5.32 Å². The first kappa shape index (κ1) is 14.1. The lowest BCUT2D eigenvalue weighted by Gasteiger charge is -2.14. The van der Waals surface area contributed by atoms with Crippen LogP contribution in [0.25, 0.3) is 0 Å². The van der Waals surface area contributed by atoms with E-state index in [4.69, 9.17) is 0 Å². The van der Waals surface area contributed by atoms with Crippen molar-refractivity contribution in [1.82, 2.24) is 10.3 Å². The molecule has 5 heteroatoms. The molecule has 0 spiro atoms. The molecule has 0 saturated heterocycles. The largest absolute Gasteiger partial charge is 0.310 e. The van der Waals surface area contributed by atoms with Crippen molar-refractivity contribution in [1.29, 1.82) is 0 Å². The van der Waals surface area contributed by atoms with E-state index < -0.39 is 5.82 Å². The molecule has 1 aromatic carbocycles. The molecular formula is C14H16F2N2S. The van der Waals surface area contributed by atoms with Crippen LogP contribution in [0, 0.1) is 18.6 Å². The number of benzene rings is 1. The Balaban J connectivity index is 1.90. The molecule has 2 nitrogen and oxygen atoms in total. The Hall–Kier alpha value is -1.33. The molecule has 1 unspecified atom stereocenters. The molecule has 1 heterocycles. The Kier molecular flexibility index (Phi) is 4.61. The number of nitrogens with zero attached hydrogens (tertiary/aromatic N) is 1. The summed E-state index contributed by atoms with van der Waals surface area (Å²) in [5, 5.41) is 6.24. The highest BCUT2D eigenvalue weighted by atomic mass is 32.1. The third kappa shape index (κ3) is 3.81. The zero-order valence-corrected chi connectivity index (χ0v) is 11.7. The maximum Gasteiger partial charge on any atom is 0.128 e. The van der Waals surface area contributed by atoms with Gasteiger partial charge in [0.05, 0.1) is 5.01 Å². The van der Waals surface area contributed by atoms with Crippen LogP contribution in [0.4, 0.5) is 8.78 Å². The van der Waals surface area contributed by atoms with Gasteiger partial charge in [-0.2, -0.15) is 0 Å². The smallest absolute Gasteiger partial charge is 0.128 e. The maximum atomic E-state index is 13.6. The van der Waals surface area contributed by atoms with Crippen molar-refractivity contribution in [2.24, 2.45) is 0 Å². The molecule has 2 aromatic rings. The number of aryl methyl sites for hydroxylation is 1. The van der Waals surface area contributed by atoms with E-state index in [1.54, 1.807) is 11.3 Å². The Morgan fingerprint density at radius 3 is 2.84 bits per heavy atom. The standard InChI is InChI=1S/C14H16F2N2S/c1-9-8-19-14(18-9)5-6-17-10(2)12-7-11(15)3-4-13(12)16/h3-4,7-8,10,17H,5-6H2,1-2H3. The van der Waals surface area contributed by atoms with Gasteiger partial charge in [-0.15, -0.1) is 11.3 Å². The van der Waals surface area contributed by atoms with Crippen molar-refractivity contribution < 1.29 is 8.78 Å². The second-order valence-electron chi connectivity index (χ2n) is 4.47. The SMILES string of the molecule is Cc1csc(CCNC(C)c2cc(F)ccc2F)n1. The van der Waals surface area contributed by atoms with Crippen molar-refractivity contribution in [3.63, 3.8) is 0 Å². The van der Waals surface area contributed by atoms with Crippen molar-refractivity contribution >= 4 is 11.3 Å². The summed E-state index contributed by atoms with van der Waals surface area (Å²) >= 11 is 1.62. The summed E-state index contributed by atoms with van der Waals surface area (Å²) in [6.07, 6.45) is 0.791. The van der Waals surface area contributed by atoms with Crippen molar-refractivity contribution in [2.45, 2.75) is 26.3 Å². The molecule has 0 aliphatic carbocycles.